The molecule has 1 unspecified atom stereocenters. The molecule has 0 bridgehead atoms. The third-order valence-corrected chi connectivity index (χ3v) is 5.40. The number of halogens is 3. The summed E-state index contributed by atoms with van der Waals surface area (Å²) < 4.78 is 40.8. The molecule has 1 fully saturated rings. The number of hydrogen-bond donors (Lipinski definition) is 0. The average Bonchev–Trinajstić information content (AvgIpc) is 2.79. The minimum Gasteiger partial charge on any atom is -0.323 e. The van der Waals surface area contributed by atoms with Crippen molar-refractivity contribution in [2.24, 2.45) is 0 Å². The highest BCUT2D eigenvalue weighted by molar-refractivity contribution is 7.85. The lowest BCUT2D eigenvalue weighted by Crippen LogP contribution is -2.23. The second kappa shape index (κ2) is 5.65. The first-order valence-electron chi connectivity index (χ1n) is 6.83. The van der Waals surface area contributed by atoms with Crippen LogP contribution in [-0.2, 0) is 10.8 Å². The standard InChI is InChI=1S/C14H15ClF2N2OS/c1-8(15)14-18-13-11(17)6-9(16)7-12(13)19(14)10-2-4-21(20)5-3-10/h6-8,10H,2-5H2,1H3. The van der Waals surface area contributed by atoms with Gasteiger partial charge in [-0.25, -0.2) is 13.8 Å². The van der Waals surface area contributed by atoms with Crippen LogP contribution in [0.1, 0.15) is 37.0 Å². The van der Waals surface area contributed by atoms with Gasteiger partial charge < -0.3 is 4.57 Å². The summed E-state index contributed by atoms with van der Waals surface area (Å²) in [5, 5.41) is -0.410. The van der Waals surface area contributed by atoms with Gasteiger partial charge in [0.25, 0.3) is 0 Å². The van der Waals surface area contributed by atoms with Gasteiger partial charge >= 0.3 is 0 Å². The van der Waals surface area contributed by atoms with E-state index in [0.717, 1.165) is 6.07 Å². The summed E-state index contributed by atoms with van der Waals surface area (Å²) in [5.41, 5.74) is 0.568. The zero-order valence-electron chi connectivity index (χ0n) is 11.5. The molecule has 0 spiro atoms. The van der Waals surface area contributed by atoms with Crippen LogP contribution >= 0.6 is 11.6 Å². The predicted molar refractivity (Wildman–Crippen MR) is 80.1 cm³/mol. The highest BCUT2D eigenvalue weighted by Gasteiger charge is 2.26. The zero-order chi connectivity index (χ0) is 15.1. The van der Waals surface area contributed by atoms with Gasteiger partial charge in [0.2, 0.25) is 0 Å². The van der Waals surface area contributed by atoms with Crippen molar-refractivity contribution in [3.8, 4) is 0 Å². The van der Waals surface area contributed by atoms with Gasteiger partial charge in [0.05, 0.1) is 10.9 Å². The Kier molecular flexibility index (Phi) is 4.01. The van der Waals surface area contributed by atoms with E-state index in [-0.39, 0.29) is 11.6 Å². The molecular weight excluding hydrogens is 318 g/mol. The molecule has 0 amide bonds. The summed E-state index contributed by atoms with van der Waals surface area (Å²) >= 11 is 6.16. The Morgan fingerprint density at radius 1 is 1.38 bits per heavy atom. The van der Waals surface area contributed by atoms with Crippen LogP contribution in [0, 0.1) is 11.6 Å². The first-order valence-corrected chi connectivity index (χ1v) is 8.75. The molecular formula is C14H15ClF2N2OS. The normalized spacial score (nSPS) is 24.4. The summed E-state index contributed by atoms with van der Waals surface area (Å²) in [4.78, 5) is 4.26. The van der Waals surface area contributed by atoms with E-state index in [4.69, 9.17) is 11.6 Å². The van der Waals surface area contributed by atoms with E-state index in [1.54, 1.807) is 6.92 Å². The monoisotopic (exact) mass is 332 g/mol. The fourth-order valence-corrected chi connectivity index (χ4v) is 4.27. The molecule has 0 N–H and O–H groups in total. The Bertz CT molecular complexity index is 707. The SMILES string of the molecule is CC(Cl)c1nc2c(F)cc(F)cc2n1C1CCS(=O)CC1. The summed E-state index contributed by atoms with van der Waals surface area (Å²) in [6, 6.07) is 2.16. The van der Waals surface area contributed by atoms with Gasteiger partial charge in [-0.15, -0.1) is 11.6 Å². The summed E-state index contributed by atoms with van der Waals surface area (Å²) in [6.45, 7) is 1.76. The quantitative estimate of drug-likeness (QED) is 0.786. The van der Waals surface area contributed by atoms with Crippen molar-refractivity contribution in [3.63, 3.8) is 0 Å². The van der Waals surface area contributed by atoms with Crippen LogP contribution < -0.4 is 0 Å². The van der Waals surface area contributed by atoms with Crippen molar-refractivity contribution in [1.82, 2.24) is 9.55 Å². The molecule has 21 heavy (non-hydrogen) atoms. The van der Waals surface area contributed by atoms with Crippen molar-refractivity contribution in [2.75, 3.05) is 11.5 Å². The highest BCUT2D eigenvalue weighted by Crippen LogP contribution is 2.34. The van der Waals surface area contributed by atoms with Crippen LogP contribution in [-0.4, -0.2) is 25.3 Å². The Morgan fingerprint density at radius 3 is 2.67 bits per heavy atom. The average molecular weight is 333 g/mol. The maximum Gasteiger partial charge on any atom is 0.153 e. The van der Waals surface area contributed by atoms with Crippen LogP contribution in [0.25, 0.3) is 11.0 Å². The van der Waals surface area contributed by atoms with E-state index in [1.165, 1.54) is 6.07 Å². The molecule has 1 aromatic heterocycles. The Labute approximate surface area is 128 Å². The number of imidazole rings is 1. The number of alkyl halides is 1. The third kappa shape index (κ3) is 2.71. The van der Waals surface area contributed by atoms with Gasteiger partial charge in [0.15, 0.2) is 5.82 Å². The van der Waals surface area contributed by atoms with Crippen molar-refractivity contribution >= 4 is 33.4 Å². The molecule has 1 aliphatic rings. The molecule has 7 heteroatoms. The van der Waals surface area contributed by atoms with E-state index in [1.807, 2.05) is 4.57 Å². The molecule has 2 aromatic rings. The van der Waals surface area contributed by atoms with Crippen LogP contribution in [0.2, 0.25) is 0 Å². The Morgan fingerprint density at radius 2 is 2.05 bits per heavy atom. The van der Waals surface area contributed by atoms with E-state index in [2.05, 4.69) is 4.98 Å². The maximum absolute atomic E-state index is 13.9. The van der Waals surface area contributed by atoms with Gasteiger partial charge in [-0.05, 0) is 25.8 Å². The smallest absolute Gasteiger partial charge is 0.153 e. The van der Waals surface area contributed by atoms with Crippen LogP contribution in [0.5, 0.6) is 0 Å². The largest absolute Gasteiger partial charge is 0.323 e. The molecule has 1 saturated heterocycles. The van der Waals surface area contributed by atoms with Gasteiger partial charge in [0, 0.05) is 34.4 Å². The number of aromatic nitrogens is 2. The lowest BCUT2D eigenvalue weighted by molar-refractivity contribution is 0.457. The van der Waals surface area contributed by atoms with Crippen molar-refractivity contribution in [3.05, 3.63) is 29.6 Å². The molecule has 0 radical (unpaired) electrons. The predicted octanol–water partition coefficient (Wildman–Crippen LogP) is 3.70. The molecule has 0 aliphatic carbocycles. The van der Waals surface area contributed by atoms with E-state index >= 15 is 0 Å². The number of rotatable bonds is 2. The summed E-state index contributed by atoms with van der Waals surface area (Å²) in [6.07, 6.45) is 1.40. The first-order chi connectivity index (χ1) is 9.97. The zero-order valence-corrected chi connectivity index (χ0v) is 13.1. The topological polar surface area (TPSA) is 34.9 Å². The molecule has 1 aromatic carbocycles. The van der Waals surface area contributed by atoms with E-state index in [0.29, 0.717) is 35.7 Å². The molecule has 0 saturated carbocycles. The van der Waals surface area contributed by atoms with Crippen LogP contribution in [0.3, 0.4) is 0 Å². The molecule has 1 atom stereocenters. The van der Waals surface area contributed by atoms with E-state index in [9.17, 15) is 13.0 Å². The fourth-order valence-electron chi connectivity index (χ4n) is 2.84. The Balaban J connectivity index is 2.18. The number of benzene rings is 1. The highest BCUT2D eigenvalue weighted by atomic mass is 35.5. The minimum atomic E-state index is -0.797. The van der Waals surface area contributed by atoms with Crippen molar-refractivity contribution < 1.29 is 13.0 Å². The molecule has 114 valence electrons. The van der Waals surface area contributed by atoms with Crippen LogP contribution in [0.4, 0.5) is 8.78 Å². The van der Waals surface area contributed by atoms with Gasteiger partial charge in [-0.2, -0.15) is 0 Å². The fraction of sp³-hybridized carbons (Fsp3) is 0.500. The van der Waals surface area contributed by atoms with Crippen LogP contribution in [0.15, 0.2) is 12.1 Å². The number of fused-ring (bicyclic) bond motifs is 1. The third-order valence-electron chi connectivity index (χ3n) is 3.82. The number of hydrogen-bond acceptors (Lipinski definition) is 2. The maximum atomic E-state index is 13.9. The molecule has 3 nitrogen and oxygen atoms in total. The van der Waals surface area contributed by atoms with Gasteiger partial charge in [0.1, 0.15) is 17.2 Å². The second-order valence-corrected chi connectivity index (χ2v) is 7.64. The summed E-state index contributed by atoms with van der Waals surface area (Å²) in [7, 11) is -0.797. The second-order valence-electron chi connectivity index (χ2n) is 5.29. The lowest BCUT2D eigenvalue weighted by Gasteiger charge is -2.25. The summed E-state index contributed by atoms with van der Waals surface area (Å²) in [5.74, 6) is 0.418. The lowest BCUT2D eigenvalue weighted by atomic mass is 10.1. The van der Waals surface area contributed by atoms with Crippen molar-refractivity contribution in [1.29, 1.82) is 0 Å². The molecule has 3 rings (SSSR count). The van der Waals surface area contributed by atoms with Gasteiger partial charge in [-0.1, -0.05) is 0 Å². The Hall–Kier alpha value is -1.01. The minimum absolute atomic E-state index is 0.0325. The number of nitrogens with zero attached hydrogens (tertiary/aromatic N) is 2. The van der Waals surface area contributed by atoms with E-state index < -0.39 is 27.8 Å². The first kappa shape index (κ1) is 14.9. The van der Waals surface area contributed by atoms with Crippen molar-refractivity contribution in [2.45, 2.75) is 31.2 Å². The molecule has 2 heterocycles. The van der Waals surface area contributed by atoms with Gasteiger partial charge in [-0.3, -0.25) is 4.21 Å². The molecule has 1 aliphatic heterocycles.